The second kappa shape index (κ2) is 6.47. The minimum absolute atomic E-state index is 0.363. The summed E-state index contributed by atoms with van der Waals surface area (Å²) in [5.41, 5.74) is 0.967. The van der Waals surface area contributed by atoms with E-state index in [9.17, 15) is 8.42 Å². The third-order valence-corrected chi connectivity index (χ3v) is 4.99. The fourth-order valence-corrected chi connectivity index (χ4v) is 3.67. The van der Waals surface area contributed by atoms with Crippen LogP contribution >= 0.6 is 0 Å². The van der Waals surface area contributed by atoms with Gasteiger partial charge in [0.15, 0.2) is 0 Å². The Kier molecular flexibility index (Phi) is 4.93. The highest BCUT2D eigenvalue weighted by molar-refractivity contribution is 7.89. The minimum Gasteiger partial charge on any atom is -0.380 e. The molecule has 1 aliphatic rings. The average molecular weight is 284 g/mol. The van der Waals surface area contributed by atoms with Crippen LogP contribution in [0.2, 0.25) is 0 Å². The van der Waals surface area contributed by atoms with Crippen molar-refractivity contribution in [1.29, 1.82) is 0 Å². The van der Waals surface area contributed by atoms with Gasteiger partial charge < -0.3 is 10.1 Å². The van der Waals surface area contributed by atoms with Gasteiger partial charge in [-0.1, -0.05) is 12.1 Å². The molecular weight excluding hydrogens is 264 g/mol. The monoisotopic (exact) mass is 284 g/mol. The van der Waals surface area contributed by atoms with Gasteiger partial charge >= 0.3 is 0 Å². The van der Waals surface area contributed by atoms with Crippen LogP contribution in [0.25, 0.3) is 0 Å². The van der Waals surface area contributed by atoms with Gasteiger partial charge in [0, 0.05) is 26.2 Å². The summed E-state index contributed by atoms with van der Waals surface area (Å²) < 4.78 is 31.9. The van der Waals surface area contributed by atoms with E-state index in [1.54, 1.807) is 18.2 Å². The Bertz CT molecular complexity index is 508. The van der Waals surface area contributed by atoms with Gasteiger partial charge in [0.1, 0.15) is 0 Å². The Morgan fingerprint density at radius 2 is 2.16 bits per heavy atom. The topological polar surface area (TPSA) is 58.6 Å². The molecule has 1 aliphatic heterocycles. The summed E-state index contributed by atoms with van der Waals surface area (Å²) in [5.74, 6) is 0. The van der Waals surface area contributed by atoms with Gasteiger partial charge in [0.25, 0.3) is 0 Å². The molecule has 1 N–H and O–H groups in total. The number of hydrogen-bond acceptors (Lipinski definition) is 4. The van der Waals surface area contributed by atoms with Gasteiger partial charge in [0.05, 0.1) is 11.5 Å². The summed E-state index contributed by atoms with van der Waals surface area (Å²) in [6.07, 6.45) is 0.745. The summed E-state index contributed by atoms with van der Waals surface area (Å²) in [5, 5.41) is 3.02. The molecule has 0 amide bonds. The largest absolute Gasteiger partial charge is 0.380 e. The van der Waals surface area contributed by atoms with E-state index in [4.69, 9.17) is 4.74 Å². The van der Waals surface area contributed by atoms with Crippen molar-refractivity contribution in [3.05, 3.63) is 29.8 Å². The van der Waals surface area contributed by atoms with Crippen LogP contribution in [0.15, 0.2) is 29.2 Å². The standard InChI is InChI=1S/C13H20N2O3S/c1-14-11-12-4-2-5-13(10-12)19(16,17)15-6-3-8-18-9-7-15/h2,4-5,10,14H,3,6-9,11H2,1H3. The van der Waals surface area contributed by atoms with Gasteiger partial charge in [-0.3, -0.25) is 0 Å². The molecule has 0 spiro atoms. The smallest absolute Gasteiger partial charge is 0.243 e. The maximum atomic E-state index is 12.5. The van der Waals surface area contributed by atoms with E-state index in [1.165, 1.54) is 4.31 Å². The summed E-state index contributed by atoms with van der Waals surface area (Å²) in [7, 11) is -1.56. The van der Waals surface area contributed by atoms with E-state index in [1.807, 2.05) is 13.1 Å². The van der Waals surface area contributed by atoms with Gasteiger partial charge in [0.2, 0.25) is 10.0 Å². The molecule has 1 heterocycles. The number of hydrogen-bond donors (Lipinski definition) is 1. The number of ether oxygens (including phenoxy) is 1. The summed E-state index contributed by atoms with van der Waals surface area (Å²) >= 11 is 0. The van der Waals surface area contributed by atoms with E-state index in [-0.39, 0.29) is 0 Å². The molecule has 1 aromatic rings. The quantitative estimate of drug-likeness (QED) is 0.889. The second-order valence-corrected chi connectivity index (χ2v) is 6.49. The first-order valence-electron chi connectivity index (χ1n) is 6.46. The van der Waals surface area contributed by atoms with Crippen molar-refractivity contribution in [3.63, 3.8) is 0 Å². The maximum absolute atomic E-state index is 12.5. The molecule has 106 valence electrons. The highest BCUT2D eigenvalue weighted by Gasteiger charge is 2.25. The molecule has 2 rings (SSSR count). The predicted molar refractivity (Wildman–Crippen MR) is 73.4 cm³/mol. The Morgan fingerprint density at radius 1 is 1.32 bits per heavy atom. The van der Waals surface area contributed by atoms with E-state index in [0.29, 0.717) is 37.7 Å². The Balaban J connectivity index is 2.24. The molecule has 0 bridgehead atoms. The first kappa shape index (κ1) is 14.5. The van der Waals surface area contributed by atoms with Crippen molar-refractivity contribution in [2.45, 2.75) is 17.9 Å². The molecule has 1 saturated heterocycles. The molecule has 0 atom stereocenters. The van der Waals surface area contributed by atoms with Crippen LogP contribution < -0.4 is 5.32 Å². The first-order valence-corrected chi connectivity index (χ1v) is 7.90. The molecule has 0 saturated carbocycles. The molecule has 0 radical (unpaired) electrons. The van der Waals surface area contributed by atoms with Crippen molar-refractivity contribution >= 4 is 10.0 Å². The molecule has 0 aromatic heterocycles. The van der Waals surface area contributed by atoms with Crippen molar-refractivity contribution in [2.75, 3.05) is 33.4 Å². The molecule has 6 heteroatoms. The van der Waals surface area contributed by atoms with Crippen LogP contribution in [0.4, 0.5) is 0 Å². The molecule has 0 aliphatic carbocycles. The van der Waals surface area contributed by atoms with Crippen LogP contribution in [0, 0.1) is 0 Å². The second-order valence-electron chi connectivity index (χ2n) is 4.55. The molecular formula is C13H20N2O3S. The zero-order valence-corrected chi connectivity index (χ0v) is 11.9. The van der Waals surface area contributed by atoms with Crippen molar-refractivity contribution in [2.24, 2.45) is 0 Å². The number of nitrogens with one attached hydrogen (secondary N) is 1. The van der Waals surface area contributed by atoms with Gasteiger partial charge in [-0.05, 0) is 31.2 Å². The summed E-state index contributed by atoms with van der Waals surface area (Å²) in [4.78, 5) is 0.363. The van der Waals surface area contributed by atoms with Crippen molar-refractivity contribution in [1.82, 2.24) is 9.62 Å². The molecule has 19 heavy (non-hydrogen) atoms. The number of sulfonamides is 1. The molecule has 0 unspecified atom stereocenters. The number of benzene rings is 1. The zero-order chi connectivity index (χ0) is 13.7. The third kappa shape index (κ3) is 3.54. The molecule has 5 nitrogen and oxygen atoms in total. The van der Waals surface area contributed by atoms with Gasteiger partial charge in [-0.15, -0.1) is 0 Å². The minimum atomic E-state index is -3.40. The Morgan fingerprint density at radius 3 is 2.95 bits per heavy atom. The van der Waals surface area contributed by atoms with Crippen LogP contribution in [0.1, 0.15) is 12.0 Å². The third-order valence-electron chi connectivity index (χ3n) is 3.10. The fraction of sp³-hybridized carbons (Fsp3) is 0.538. The van der Waals surface area contributed by atoms with Crippen LogP contribution in [-0.2, 0) is 21.3 Å². The fourth-order valence-electron chi connectivity index (χ4n) is 2.13. The highest BCUT2D eigenvalue weighted by Crippen LogP contribution is 2.18. The number of nitrogens with zero attached hydrogens (tertiary/aromatic N) is 1. The van der Waals surface area contributed by atoms with Crippen LogP contribution in [0.5, 0.6) is 0 Å². The van der Waals surface area contributed by atoms with Crippen LogP contribution in [-0.4, -0.2) is 46.1 Å². The lowest BCUT2D eigenvalue weighted by atomic mass is 10.2. The maximum Gasteiger partial charge on any atom is 0.243 e. The van der Waals surface area contributed by atoms with E-state index in [0.717, 1.165) is 12.0 Å². The predicted octanol–water partition coefficient (Wildman–Crippen LogP) is 0.817. The zero-order valence-electron chi connectivity index (χ0n) is 11.1. The summed E-state index contributed by atoms with van der Waals surface area (Å²) in [6.45, 7) is 2.71. The number of rotatable bonds is 4. The van der Waals surface area contributed by atoms with Gasteiger partial charge in [-0.25, -0.2) is 8.42 Å². The summed E-state index contributed by atoms with van der Waals surface area (Å²) in [6, 6.07) is 7.09. The van der Waals surface area contributed by atoms with Gasteiger partial charge in [-0.2, -0.15) is 4.31 Å². The van der Waals surface area contributed by atoms with E-state index in [2.05, 4.69) is 5.32 Å². The van der Waals surface area contributed by atoms with E-state index < -0.39 is 10.0 Å². The lowest BCUT2D eigenvalue weighted by molar-refractivity contribution is 0.148. The first-order chi connectivity index (χ1) is 9.14. The van der Waals surface area contributed by atoms with Crippen LogP contribution in [0.3, 0.4) is 0 Å². The average Bonchev–Trinajstić information content (AvgIpc) is 2.69. The van der Waals surface area contributed by atoms with Crippen molar-refractivity contribution < 1.29 is 13.2 Å². The molecule has 1 fully saturated rings. The highest BCUT2D eigenvalue weighted by atomic mass is 32.2. The Hall–Kier alpha value is -0.950. The normalized spacial score (nSPS) is 18.2. The molecule has 1 aromatic carbocycles. The lowest BCUT2D eigenvalue weighted by Gasteiger charge is -2.19. The SMILES string of the molecule is CNCc1cccc(S(=O)(=O)N2CCCOCC2)c1. The Labute approximate surface area is 114 Å². The van der Waals surface area contributed by atoms with Crippen molar-refractivity contribution in [3.8, 4) is 0 Å². The van der Waals surface area contributed by atoms with E-state index >= 15 is 0 Å². The lowest BCUT2D eigenvalue weighted by Crippen LogP contribution is -2.33.